The molecule has 1 aliphatic rings. The normalized spacial score (nSPS) is 14.5. The Balaban J connectivity index is 1.43. The lowest BCUT2D eigenvalue weighted by Gasteiger charge is -2.39. The molecule has 0 radical (unpaired) electrons. The third kappa shape index (κ3) is 5.13. The molecule has 1 fully saturated rings. The highest BCUT2D eigenvalue weighted by Gasteiger charge is 2.30. The molecule has 6 heteroatoms. The number of carbonyl (C=O) groups excluding carboxylic acids is 2. The zero-order valence-electron chi connectivity index (χ0n) is 17.1. The van der Waals surface area contributed by atoms with E-state index in [9.17, 15) is 9.59 Å². The van der Waals surface area contributed by atoms with Crippen LogP contribution in [-0.4, -0.2) is 47.8 Å². The maximum Gasteiger partial charge on any atom is 0.313 e. The molecule has 1 heterocycles. The van der Waals surface area contributed by atoms with Gasteiger partial charge in [0.1, 0.15) is 0 Å². The number of halogens is 1. The molecule has 0 atom stereocenters. The number of piperazine rings is 1. The number of hydrogen-bond acceptors (Lipinski definition) is 3. The van der Waals surface area contributed by atoms with Gasteiger partial charge in [0.15, 0.2) is 0 Å². The molecule has 0 aromatic heterocycles. The number of hydrogen-bond donors (Lipinski definition) is 1. The molecule has 0 aliphatic carbocycles. The van der Waals surface area contributed by atoms with Gasteiger partial charge in [0, 0.05) is 36.9 Å². The van der Waals surface area contributed by atoms with E-state index in [4.69, 9.17) is 11.6 Å². The van der Waals surface area contributed by atoms with Gasteiger partial charge in [-0.25, -0.2) is 0 Å². The molecule has 1 N–H and O–H groups in total. The quantitative estimate of drug-likeness (QED) is 0.627. The zero-order chi connectivity index (χ0) is 21.6. The summed E-state index contributed by atoms with van der Waals surface area (Å²) < 4.78 is 0. The van der Waals surface area contributed by atoms with Gasteiger partial charge in [-0.3, -0.25) is 14.5 Å². The van der Waals surface area contributed by atoms with E-state index in [1.54, 1.807) is 29.2 Å². The van der Waals surface area contributed by atoms with Gasteiger partial charge in [0.2, 0.25) is 0 Å². The SMILES string of the molecule is O=C(Nc1cccc(Cl)c1)C(=O)N1CCN(C(c2ccccc2)c2ccccc2)CC1. The molecule has 158 valence electrons. The second-order valence-corrected chi connectivity index (χ2v) is 7.95. The first-order valence-electron chi connectivity index (χ1n) is 10.3. The van der Waals surface area contributed by atoms with E-state index in [0.29, 0.717) is 36.9 Å². The maximum atomic E-state index is 12.7. The lowest BCUT2D eigenvalue weighted by molar-refractivity contribution is -0.144. The van der Waals surface area contributed by atoms with Crippen molar-refractivity contribution in [2.24, 2.45) is 0 Å². The van der Waals surface area contributed by atoms with Gasteiger partial charge in [0.25, 0.3) is 0 Å². The monoisotopic (exact) mass is 433 g/mol. The average Bonchev–Trinajstić information content (AvgIpc) is 2.81. The van der Waals surface area contributed by atoms with Gasteiger partial charge in [-0.1, -0.05) is 78.3 Å². The summed E-state index contributed by atoms with van der Waals surface area (Å²) in [7, 11) is 0. The molecular formula is C25H24ClN3O2. The minimum atomic E-state index is -0.640. The molecule has 31 heavy (non-hydrogen) atoms. The summed E-state index contributed by atoms with van der Waals surface area (Å²) in [5.74, 6) is -1.16. The summed E-state index contributed by atoms with van der Waals surface area (Å²) in [6.45, 7) is 2.37. The van der Waals surface area contributed by atoms with Crippen molar-refractivity contribution in [3.05, 3.63) is 101 Å². The molecule has 1 aliphatic heterocycles. The fourth-order valence-electron chi connectivity index (χ4n) is 3.96. The van der Waals surface area contributed by atoms with Crippen molar-refractivity contribution >= 4 is 29.1 Å². The molecule has 0 bridgehead atoms. The summed E-state index contributed by atoms with van der Waals surface area (Å²) in [5.41, 5.74) is 2.94. The van der Waals surface area contributed by atoms with E-state index in [1.807, 2.05) is 36.4 Å². The van der Waals surface area contributed by atoms with Crippen LogP contribution in [0.25, 0.3) is 0 Å². The molecule has 0 saturated carbocycles. The Bertz CT molecular complexity index is 995. The molecule has 2 amide bonds. The number of benzene rings is 3. The molecule has 3 aromatic carbocycles. The molecule has 4 rings (SSSR count). The van der Waals surface area contributed by atoms with Crippen LogP contribution in [0, 0.1) is 0 Å². The molecule has 1 saturated heterocycles. The van der Waals surface area contributed by atoms with Crippen molar-refractivity contribution < 1.29 is 9.59 Å². The van der Waals surface area contributed by atoms with Crippen molar-refractivity contribution in [3.63, 3.8) is 0 Å². The van der Waals surface area contributed by atoms with Crippen LogP contribution in [0.1, 0.15) is 17.2 Å². The Morgan fingerprint density at radius 3 is 1.90 bits per heavy atom. The van der Waals surface area contributed by atoms with Crippen LogP contribution in [0.4, 0.5) is 5.69 Å². The lowest BCUT2D eigenvalue weighted by atomic mass is 9.96. The average molecular weight is 434 g/mol. The fraction of sp³-hybridized carbons (Fsp3) is 0.200. The van der Waals surface area contributed by atoms with Crippen molar-refractivity contribution in [3.8, 4) is 0 Å². The van der Waals surface area contributed by atoms with E-state index in [0.717, 1.165) is 0 Å². The molecule has 3 aromatic rings. The van der Waals surface area contributed by atoms with Crippen LogP contribution in [0.3, 0.4) is 0 Å². The number of anilines is 1. The van der Waals surface area contributed by atoms with Gasteiger partial charge < -0.3 is 10.2 Å². The molecule has 0 unspecified atom stereocenters. The van der Waals surface area contributed by atoms with Crippen LogP contribution in [0.2, 0.25) is 5.02 Å². The standard InChI is InChI=1S/C25H24ClN3O2/c26-21-12-7-13-22(18-21)27-24(30)25(31)29-16-14-28(15-17-29)23(19-8-3-1-4-9-19)20-10-5-2-6-11-20/h1-13,18,23H,14-17H2,(H,27,30). The smallest absolute Gasteiger partial charge is 0.313 e. The van der Waals surface area contributed by atoms with Crippen molar-refractivity contribution in [2.75, 3.05) is 31.5 Å². The van der Waals surface area contributed by atoms with E-state index in [1.165, 1.54) is 11.1 Å². The first-order chi connectivity index (χ1) is 15.1. The van der Waals surface area contributed by atoms with E-state index >= 15 is 0 Å². The minimum absolute atomic E-state index is 0.111. The molecule has 0 spiro atoms. The summed E-state index contributed by atoms with van der Waals surface area (Å²) in [5, 5.41) is 3.14. The molecule has 5 nitrogen and oxygen atoms in total. The Morgan fingerprint density at radius 2 is 1.35 bits per heavy atom. The lowest BCUT2D eigenvalue weighted by Crippen LogP contribution is -2.52. The third-order valence-corrected chi connectivity index (χ3v) is 5.71. The van der Waals surface area contributed by atoms with E-state index in [-0.39, 0.29) is 6.04 Å². The van der Waals surface area contributed by atoms with Crippen LogP contribution in [0.15, 0.2) is 84.9 Å². The highest BCUT2D eigenvalue weighted by Crippen LogP contribution is 2.29. The number of nitrogens with one attached hydrogen (secondary N) is 1. The number of carbonyl (C=O) groups is 2. The highest BCUT2D eigenvalue weighted by molar-refractivity contribution is 6.39. The first kappa shape index (κ1) is 21.1. The summed E-state index contributed by atoms with van der Waals surface area (Å²) >= 11 is 5.95. The van der Waals surface area contributed by atoms with Gasteiger partial charge in [-0.15, -0.1) is 0 Å². The predicted octanol–water partition coefficient (Wildman–Crippen LogP) is 4.21. The van der Waals surface area contributed by atoms with Crippen LogP contribution >= 0.6 is 11.6 Å². The second-order valence-electron chi connectivity index (χ2n) is 7.52. The fourth-order valence-corrected chi connectivity index (χ4v) is 4.15. The Hall–Kier alpha value is -3.15. The summed E-state index contributed by atoms with van der Waals surface area (Å²) in [4.78, 5) is 29.1. The number of nitrogens with zero attached hydrogens (tertiary/aromatic N) is 2. The topological polar surface area (TPSA) is 52.7 Å². The van der Waals surface area contributed by atoms with Crippen LogP contribution < -0.4 is 5.32 Å². The summed E-state index contributed by atoms with van der Waals surface area (Å²) in [6, 6.07) is 27.6. The van der Waals surface area contributed by atoms with Crippen LogP contribution in [0.5, 0.6) is 0 Å². The Labute approximate surface area is 187 Å². The van der Waals surface area contributed by atoms with Gasteiger partial charge in [0.05, 0.1) is 6.04 Å². The second kappa shape index (κ2) is 9.77. The van der Waals surface area contributed by atoms with E-state index < -0.39 is 11.8 Å². The summed E-state index contributed by atoms with van der Waals surface area (Å²) in [6.07, 6.45) is 0. The Morgan fingerprint density at radius 1 is 0.774 bits per heavy atom. The minimum Gasteiger partial charge on any atom is -0.332 e. The largest absolute Gasteiger partial charge is 0.332 e. The van der Waals surface area contributed by atoms with Crippen molar-refractivity contribution in [1.29, 1.82) is 0 Å². The predicted molar refractivity (Wildman–Crippen MR) is 123 cm³/mol. The van der Waals surface area contributed by atoms with Crippen LogP contribution in [-0.2, 0) is 9.59 Å². The zero-order valence-corrected chi connectivity index (χ0v) is 17.8. The number of amides is 2. The first-order valence-corrected chi connectivity index (χ1v) is 10.7. The Kier molecular flexibility index (Phi) is 6.65. The van der Waals surface area contributed by atoms with Crippen molar-refractivity contribution in [2.45, 2.75) is 6.04 Å². The van der Waals surface area contributed by atoms with Crippen molar-refractivity contribution in [1.82, 2.24) is 9.80 Å². The van der Waals surface area contributed by atoms with Gasteiger partial charge in [-0.2, -0.15) is 0 Å². The van der Waals surface area contributed by atoms with Gasteiger partial charge >= 0.3 is 11.8 Å². The third-order valence-electron chi connectivity index (χ3n) is 5.47. The number of rotatable bonds is 4. The highest BCUT2D eigenvalue weighted by atomic mass is 35.5. The van der Waals surface area contributed by atoms with Gasteiger partial charge in [-0.05, 0) is 29.3 Å². The van der Waals surface area contributed by atoms with E-state index in [2.05, 4.69) is 34.5 Å². The molecular weight excluding hydrogens is 410 g/mol. The maximum absolute atomic E-state index is 12.7.